The lowest BCUT2D eigenvalue weighted by Crippen LogP contribution is -2.48. The van der Waals surface area contributed by atoms with Crippen molar-refractivity contribution in [1.29, 1.82) is 0 Å². The summed E-state index contributed by atoms with van der Waals surface area (Å²) in [5.41, 5.74) is 0.696. The molecule has 0 unspecified atom stereocenters. The Morgan fingerprint density at radius 3 is 2.88 bits per heavy atom. The highest BCUT2D eigenvalue weighted by Gasteiger charge is 2.43. The highest BCUT2D eigenvalue weighted by molar-refractivity contribution is 7.14. The summed E-state index contributed by atoms with van der Waals surface area (Å²) in [4.78, 5) is 28.1. The minimum atomic E-state index is -0.401. The van der Waals surface area contributed by atoms with Gasteiger partial charge in [0.25, 0.3) is 5.91 Å². The topological polar surface area (TPSA) is 88.1 Å². The fourth-order valence-corrected chi connectivity index (χ4v) is 4.74. The van der Waals surface area contributed by atoms with Crippen LogP contribution in [0.25, 0.3) is 0 Å². The Hall–Kier alpha value is -1.48. The summed E-state index contributed by atoms with van der Waals surface area (Å²) in [7, 11) is 0. The zero-order valence-electron chi connectivity index (χ0n) is 15.1. The second kappa shape index (κ2) is 8.47. The molecule has 1 aromatic rings. The lowest BCUT2D eigenvalue weighted by atomic mass is 9.82. The molecule has 2 aliphatic heterocycles. The van der Waals surface area contributed by atoms with E-state index >= 15 is 0 Å². The number of ether oxygens (including phenoxy) is 2. The highest BCUT2D eigenvalue weighted by atomic mass is 32.1. The summed E-state index contributed by atoms with van der Waals surface area (Å²) in [5, 5.41) is 11.6. The van der Waals surface area contributed by atoms with Crippen LogP contribution in [-0.4, -0.2) is 67.9 Å². The molecule has 1 fully saturated rings. The SMILES string of the molecule is CCOCC(=O)N1CCC2(CC1)OCCc1sc(C(=O)NCCO)cc12. The number of amides is 2. The third-order valence-electron chi connectivity index (χ3n) is 4.98. The first kappa shape index (κ1) is 19.3. The van der Waals surface area contributed by atoms with Gasteiger partial charge in [-0.3, -0.25) is 9.59 Å². The molecule has 0 bridgehead atoms. The number of nitrogens with zero attached hydrogens (tertiary/aromatic N) is 1. The second-order valence-corrected chi connectivity index (χ2v) is 7.67. The normalized spacial score (nSPS) is 18.6. The Balaban J connectivity index is 1.71. The molecule has 0 aliphatic carbocycles. The van der Waals surface area contributed by atoms with Crippen molar-refractivity contribution in [3.05, 3.63) is 21.4 Å². The maximum Gasteiger partial charge on any atom is 0.261 e. The summed E-state index contributed by atoms with van der Waals surface area (Å²) < 4.78 is 11.4. The Morgan fingerprint density at radius 1 is 1.42 bits per heavy atom. The van der Waals surface area contributed by atoms with E-state index in [1.54, 1.807) is 0 Å². The van der Waals surface area contributed by atoms with Crippen LogP contribution in [0.3, 0.4) is 0 Å². The van der Waals surface area contributed by atoms with Gasteiger partial charge in [-0.15, -0.1) is 11.3 Å². The molecule has 1 spiro atoms. The number of hydrogen-bond acceptors (Lipinski definition) is 6. The maximum atomic E-state index is 12.2. The van der Waals surface area contributed by atoms with Crippen LogP contribution in [0, 0.1) is 0 Å². The van der Waals surface area contributed by atoms with Crippen molar-refractivity contribution in [1.82, 2.24) is 10.2 Å². The van der Waals surface area contributed by atoms with Crippen molar-refractivity contribution in [2.24, 2.45) is 0 Å². The molecule has 8 heteroatoms. The van der Waals surface area contributed by atoms with Crippen LogP contribution in [0.15, 0.2) is 6.07 Å². The van der Waals surface area contributed by atoms with Crippen LogP contribution in [0.5, 0.6) is 0 Å². The van der Waals surface area contributed by atoms with E-state index in [0.29, 0.717) is 31.2 Å². The number of aliphatic hydroxyl groups is 1. The summed E-state index contributed by atoms with van der Waals surface area (Å²) in [6.45, 7) is 4.62. The molecule has 0 saturated carbocycles. The molecule has 26 heavy (non-hydrogen) atoms. The van der Waals surface area contributed by atoms with Crippen molar-refractivity contribution >= 4 is 23.2 Å². The van der Waals surface area contributed by atoms with Crippen LogP contribution >= 0.6 is 11.3 Å². The van der Waals surface area contributed by atoms with Crippen molar-refractivity contribution in [2.45, 2.75) is 31.8 Å². The number of rotatable bonds is 6. The first-order valence-electron chi connectivity index (χ1n) is 9.11. The van der Waals surface area contributed by atoms with Crippen LogP contribution in [-0.2, 0) is 26.3 Å². The van der Waals surface area contributed by atoms with Gasteiger partial charge in [0.1, 0.15) is 6.61 Å². The molecule has 2 aliphatic rings. The minimum Gasteiger partial charge on any atom is -0.395 e. The van der Waals surface area contributed by atoms with E-state index in [4.69, 9.17) is 14.6 Å². The zero-order chi connectivity index (χ0) is 18.6. The van der Waals surface area contributed by atoms with Gasteiger partial charge >= 0.3 is 0 Å². The van der Waals surface area contributed by atoms with E-state index in [9.17, 15) is 9.59 Å². The minimum absolute atomic E-state index is 0.0205. The second-order valence-electron chi connectivity index (χ2n) is 6.54. The Kier molecular flexibility index (Phi) is 6.29. The third kappa shape index (κ3) is 3.93. The summed E-state index contributed by atoms with van der Waals surface area (Å²) in [6, 6.07) is 1.93. The van der Waals surface area contributed by atoms with E-state index in [1.165, 1.54) is 16.2 Å². The molecule has 1 saturated heterocycles. The Bertz CT molecular complexity index is 652. The molecule has 0 atom stereocenters. The molecule has 7 nitrogen and oxygen atoms in total. The van der Waals surface area contributed by atoms with E-state index < -0.39 is 5.60 Å². The average Bonchev–Trinajstić information content (AvgIpc) is 3.11. The number of aliphatic hydroxyl groups excluding tert-OH is 1. The van der Waals surface area contributed by atoms with Gasteiger partial charge in [-0.05, 0) is 31.4 Å². The molecule has 0 aromatic carbocycles. The van der Waals surface area contributed by atoms with Crippen molar-refractivity contribution in [2.75, 3.05) is 46.1 Å². The predicted octanol–water partition coefficient (Wildman–Crippen LogP) is 0.897. The lowest BCUT2D eigenvalue weighted by Gasteiger charge is -2.44. The van der Waals surface area contributed by atoms with E-state index in [1.807, 2.05) is 17.9 Å². The van der Waals surface area contributed by atoms with Gasteiger partial charge in [-0.25, -0.2) is 0 Å². The molecule has 1 aromatic heterocycles. The highest BCUT2D eigenvalue weighted by Crippen LogP contribution is 2.44. The monoisotopic (exact) mass is 382 g/mol. The van der Waals surface area contributed by atoms with Gasteiger partial charge in [0, 0.05) is 37.5 Å². The summed E-state index contributed by atoms with van der Waals surface area (Å²) in [5.74, 6) is -0.134. The van der Waals surface area contributed by atoms with E-state index in [-0.39, 0.29) is 31.6 Å². The largest absolute Gasteiger partial charge is 0.395 e. The fraction of sp³-hybridized carbons (Fsp3) is 0.667. The van der Waals surface area contributed by atoms with Gasteiger partial charge in [0.15, 0.2) is 0 Å². The predicted molar refractivity (Wildman–Crippen MR) is 97.4 cm³/mol. The van der Waals surface area contributed by atoms with E-state index in [2.05, 4.69) is 5.32 Å². The number of hydrogen-bond donors (Lipinski definition) is 2. The number of carbonyl (C=O) groups excluding carboxylic acids is 2. The van der Waals surface area contributed by atoms with E-state index in [0.717, 1.165) is 24.8 Å². The zero-order valence-corrected chi connectivity index (χ0v) is 15.9. The van der Waals surface area contributed by atoms with Crippen LogP contribution in [0.1, 0.15) is 39.9 Å². The fourth-order valence-electron chi connectivity index (χ4n) is 3.60. The number of nitrogens with one attached hydrogen (secondary N) is 1. The molecule has 144 valence electrons. The molecule has 0 radical (unpaired) electrons. The number of thiophene rings is 1. The smallest absolute Gasteiger partial charge is 0.261 e. The number of carbonyl (C=O) groups is 2. The van der Waals surface area contributed by atoms with Gasteiger partial charge in [0.05, 0.1) is 23.7 Å². The van der Waals surface area contributed by atoms with Gasteiger partial charge in [0.2, 0.25) is 5.91 Å². The summed E-state index contributed by atoms with van der Waals surface area (Å²) in [6.07, 6.45) is 2.26. The van der Waals surface area contributed by atoms with Crippen LogP contribution in [0.4, 0.5) is 0 Å². The Labute approximate surface area is 157 Å². The van der Waals surface area contributed by atoms with Crippen molar-refractivity contribution in [3.63, 3.8) is 0 Å². The van der Waals surface area contributed by atoms with Crippen LogP contribution in [0.2, 0.25) is 0 Å². The molecule has 2 amide bonds. The maximum absolute atomic E-state index is 12.2. The summed E-state index contributed by atoms with van der Waals surface area (Å²) >= 11 is 1.51. The van der Waals surface area contributed by atoms with Crippen LogP contribution < -0.4 is 5.32 Å². The van der Waals surface area contributed by atoms with Gasteiger partial charge in [-0.1, -0.05) is 0 Å². The third-order valence-corrected chi connectivity index (χ3v) is 6.18. The number of fused-ring (bicyclic) bond motifs is 2. The molecule has 3 rings (SSSR count). The molecular weight excluding hydrogens is 356 g/mol. The lowest BCUT2D eigenvalue weighted by molar-refractivity contribution is -0.144. The molecule has 3 heterocycles. The first-order chi connectivity index (χ1) is 12.6. The molecule has 2 N–H and O–H groups in total. The van der Waals surface area contributed by atoms with Gasteiger partial charge in [-0.2, -0.15) is 0 Å². The quantitative estimate of drug-likeness (QED) is 0.763. The first-order valence-corrected chi connectivity index (χ1v) is 9.93. The van der Waals surface area contributed by atoms with Crippen molar-refractivity contribution < 1.29 is 24.2 Å². The standard InChI is InChI=1S/C18H26N2O5S/c1-2-24-12-16(22)20-7-4-18(5-8-20)13-11-15(17(23)19-6-9-21)26-14(13)3-10-25-18/h11,21H,2-10,12H2,1H3,(H,19,23). The number of likely N-dealkylation sites (tertiary alicyclic amines) is 1. The molecular formula is C18H26N2O5S. The van der Waals surface area contributed by atoms with Crippen molar-refractivity contribution in [3.8, 4) is 0 Å². The Morgan fingerprint density at radius 2 is 2.19 bits per heavy atom. The van der Waals surface area contributed by atoms with Gasteiger partial charge < -0.3 is 24.8 Å². The average molecular weight is 382 g/mol. The number of piperidine rings is 1.